The Labute approximate surface area is 515 Å². The molecule has 2 heterocycles. The first-order valence-corrected chi connectivity index (χ1v) is 30.4. The molecule has 89 heavy (non-hydrogen) atoms. The van der Waals surface area contributed by atoms with Gasteiger partial charge in [0.2, 0.25) is 35.4 Å². The van der Waals surface area contributed by atoms with Crippen LogP contribution in [0.1, 0.15) is 112 Å². The molecule has 2 unspecified atom stereocenters. The third-order valence-electron chi connectivity index (χ3n) is 17.5. The molecule has 9 rings (SSSR count). The van der Waals surface area contributed by atoms with Crippen LogP contribution in [0.5, 0.6) is 23.0 Å². The predicted octanol–water partition coefficient (Wildman–Crippen LogP) is 3.81. The number of ether oxygens (including phenoxy) is 5. The summed E-state index contributed by atoms with van der Waals surface area (Å²) in [5.41, 5.74) is 14.0. The highest BCUT2D eigenvalue weighted by molar-refractivity contribution is 6.00. The number of nitrogens with zero attached hydrogens (tertiary/aromatic N) is 1. The predicted molar refractivity (Wildman–Crippen MR) is 328 cm³/mol. The number of piperidine rings is 1. The van der Waals surface area contributed by atoms with Crippen molar-refractivity contribution in [2.45, 2.75) is 121 Å². The minimum atomic E-state index is -1.07. The van der Waals surface area contributed by atoms with Gasteiger partial charge in [0.15, 0.2) is 23.6 Å². The lowest BCUT2D eigenvalue weighted by Crippen LogP contribution is -2.57. The minimum Gasteiger partial charge on any atom is -0.493 e. The fourth-order valence-electron chi connectivity index (χ4n) is 13.3. The second-order valence-corrected chi connectivity index (χ2v) is 23.4. The van der Waals surface area contributed by atoms with E-state index >= 15 is 0 Å². The highest BCUT2D eigenvalue weighted by atomic mass is 16.6. The molecule has 25 nitrogen and oxygen atoms in total. The van der Waals surface area contributed by atoms with Crippen molar-refractivity contribution in [1.29, 1.82) is 10.8 Å². The van der Waals surface area contributed by atoms with Gasteiger partial charge in [-0.1, -0.05) is 30.7 Å². The van der Waals surface area contributed by atoms with Crippen LogP contribution in [0.2, 0.25) is 0 Å². The van der Waals surface area contributed by atoms with Gasteiger partial charge in [0, 0.05) is 62.5 Å². The molecule has 2 fully saturated rings. The number of nitrogens with two attached hydrogens (primary N) is 2. The number of unbranched alkanes of at least 4 members (excludes halogenated alkanes) is 1. The maximum absolute atomic E-state index is 14.7. The largest absolute Gasteiger partial charge is 0.493 e. The van der Waals surface area contributed by atoms with Crippen molar-refractivity contribution < 1.29 is 62.0 Å². The molecule has 25 heteroatoms. The molecule has 2 aliphatic heterocycles. The van der Waals surface area contributed by atoms with Crippen molar-refractivity contribution in [3.05, 3.63) is 107 Å². The Morgan fingerprint density at radius 2 is 1.47 bits per heavy atom. The number of benzene rings is 4. The molecule has 2 bridgehead atoms. The zero-order chi connectivity index (χ0) is 63.4. The summed E-state index contributed by atoms with van der Waals surface area (Å²) >= 11 is 0. The molecule has 1 saturated heterocycles. The second kappa shape index (κ2) is 29.1. The smallest absolute Gasteiger partial charge is 0.415 e. The summed E-state index contributed by atoms with van der Waals surface area (Å²) < 4.78 is 30.4. The third-order valence-corrected chi connectivity index (χ3v) is 17.5. The number of hydrogen-bond donors (Lipinski definition) is 11. The highest BCUT2D eigenvalue weighted by Gasteiger charge is 2.64. The number of allylic oxidation sites excluding steroid dienone is 1. The average Bonchev–Trinajstić information content (AvgIpc) is 1.59. The first-order valence-electron chi connectivity index (χ1n) is 30.4. The summed E-state index contributed by atoms with van der Waals surface area (Å²) in [6.45, 7) is 2.93. The van der Waals surface area contributed by atoms with Crippen LogP contribution in [0.25, 0.3) is 10.8 Å². The van der Waals surface area contributed by atoms with E-state index in [1.807, 2.05) is 12.1 Å². The van der Waals surface area contributed by atoms with Gasteiger partial charge in [-0.2, -0.15) is 0 Å². The van der Waals surface area contributed by atoms with Crippen molar-refractivity contribution in [3.8, 4) is 23.0 Å². The van der Waals surface area contributed by atoms with Crippen LogP contribution < -0.4 is 67.6 Å². The van der Waals surface area contributed by atoms with Crippen LogP contribution >= 0.6 is 0 Å². The number of hydrogen-bond acceptors (Lipinski definition) is 15. The van der Waals surface area contributed by atoms with Crippen LogP contribution in [-0.4, -0.2) is 141 Å². The van der Waals surface area contributed by atoms with E-state index in [1.54, 1.807) is 67.8 Å². The highest BCUT2D eigenvalue weighted by Crippen LogP contribution is 2.66. The number of rotatable bonds is 27. The van der Waals surface area contributed by atoms with Gasteiger partial charge in [-0.05, 0) is 153 Å². The van der Waals surface area contributed by atoms with Gasteiger partial charge in [-0.25, -0.2) is 9.59 Å². The summed E-state index contributed by atoms with van der Waals surface area (Å²) in [7, 11) is 1.62. The van der Waals surface area contributed by atoms with E-state index in [4.69, 9.17) is 46.0 Å². The maximum Gasteiger partial charge on any atom is 0.415 e. The fraction of sp³-hybridized carbons (Fsp3) is 0.469. The monoisotopic (exact) mass is 1220 g/mol. The molecular weight excluding hydrogens is 1140 g/mol. The molecule has 7 amide bonds. The number of fused-ring (bicyclic) bond motifs is 1. The summed E-state index contributed by atoms with van der Waals surface area (Å²) in [6.07, 6.45) is 7.52. The minimum absolute atomic E-state index is 0.0429. The standard InChI is InChI=1S/C64H80N12O13/c1-36(77)72-35-53(79)75-50(10-7-26-71-62(67)68)60(82)73-34-45-32-44(23-28-76(45)63(84)88-52-22-20-48-41-8-6-24-64(48)54-42(31-41)16-21-51(85-3)55(54)89-56(52)64)58(80)69-25-5-4-9-49(74-37(2)78)59(81)70-27-29-86-46-17-13-38(14-18-46)61(83)87-47-19-15-39-30-43(57(65)66)12-11-40(39)33-47/h11-19,21-22,30,33,41,44-45,48-50,56H,4-10,20,23-29,31-32,34-35H2,1-3H3,(H3,65,66)(H,69,80)(H,70,81)(H,72,77)(H,73,82)(H,74,78)(H,75,79)(H4,67,68,71)/t41-,44?,45?,48+,49+,50-,56+,64+/m1/s1. The fourth-order valence-corrected chi connectivity index (χ4v) is 13.3. The number of esters is 1. The van der Waals surface area contributed by atoms with E-state index in [-0.39, 0.29) is 94.7 Å². The maximum atomic E-state index is 14.7. The van der Waals surface area contributed by atoms with E-state index in [1.165, 1.54) is 24.3 Å². The number of carbonyl (C=O) groups is 8. The van der Waals surface area contributed by atoms with Gasteiger partial charge in [-0.3, -0.25) is 39.6 Å². The van der Waals surface area contributed by atoms with Crippen molar-refractivity contribution in [3.63, 3.8) is 0 Å². The Morgan fingerprint density at radius 3 is 2.22 bits per heavy atom. The van der Waals surface area contributed by atoms with Crippen LogP contribution in [0, 0.1) is 28.6 Å². The van der Waals surface area contributed by atoms with Crippen LogP contribution in [0.4, 0.5) is 4.79 Å². The number of amides is 7. The number of nitrogen functional groups attached to an aromatic ring is 1. The van der Waals surface area contributed by atoms with Crippen molar-refractivity contribution in [1.82, 2.24) is 42.1 Å². The third kappa shape index (κ3) is 15.5. The lowest BCUT2D eigenvalue weighted by Gasteiger charge is -2.53. The summed E-state index contributed by atoms with van der Waals surface area (Å²) in [6, 6.07) is 18.2. The molecule has 4 aromatic rings. The van der Waals surface area contributed by atoms with Crippen molar-refractivity contribution in [2.75, 3.05) is 53.0 Å². The normalized spacial score (nSPS) is 20.7. The number of amidine groups is 1. The topological polar surface area (TPSA) is 370 Å². The van der Waals surface area contributed by atoms with Gasteiger partial charge in [-0.15, -0.1) is 0 Å². The van der Waals surface area contributed by atoms with E-state index in [0.717, 1.165) is 42.0 Å². The Hall–Kier alpha value is -9.42. The summed E-state index contributed by atoms with van der Waals surface area (Å²) in [5, 5.41) is 36.0. The first kappa shape index (κ1) is 64.1. The molecule has 1 spiro atoms. The van der Waals surface area contributed by atoms with Gasteiger partial charge in [0.1, 0.15) is 41.8 Å². The molecular formula is C64H80N12O13. The zero-order valence-electron chi connectivity index (χ0n) is 50.4. The lowest BCUT2D eigenvalue weighted by atomic mass is 9.49. The van der Waals surface area contributed by atoms with Gasteiger partial charge in [0.05, 0.1) is 31.8 Å². The van der Waals surface area contributed by atoms with Crippen LogP contribution in [0.15, 0.2) is 84.6 Å². The molecule has 5 aliphatic rings. The Balaban J connectivity index is 0.775. The number of guanidine groups is 1. The average molecular weight is 1230 g/mol. The molecule has 0 aromatic heterocycles. The van der Waals surface area contributed by atoms with E-state index in [0.29, 0.717) is 77.4 Å². The van der Waals surface area contributed by atoms with Crippen molar-refractivity contribution in [2.24, 2.45) is 29.2 Å². The van der Waals surface area contributed by atoms with E-state index in [2.05, 4.69) is 43.3 Å². The second-order valence-electron chi connectivity index (χ2n) is 23.4. The molecule has 13 N–H and O–H groups in total. The zero-order valence-corrected chi connectivity index (χ0v) is 50.4. The first-order chi connectivity index (χ1) is 42.8. The number of methoxy groups -OCH3 is 1. The molecule has 0 radical (unpaired) electrons. The lowest BCUT2D eigenvalue weighted by molar-refractivity contribution is -0.130. The Kier molecular flexibility index (Phi) is 20.9. The molecule has 1 saturated carbocycles. The van der Waals surface area contributed by atoms with E-state index in [9.17, 15) is 38.4 Å². The number of nitrogens with one attached hydrogen (secondary N) is 9. The van der Waals surface area contributed by atoms with Gasteiger partial charge in [0.25, 0.3) is 0 Å². The summed E-state index contributed by atoms with van der Waals surface area (Å²) in [5.74, 6) is -0.813. The van der Waals surface area contributed by atoms with Crippen LogP contribution in [-0.2, 0) is 45.3 Å². The Morgan fingerprint density at radius 1 is 0.753 bits per heavy atom. The van der Waals surface area contributed by atoms with Gasteiger partial charge < -0.3 is 77.3 Å². The molecule has 8 atom stereocenters. The summed E-state index contributed by atoms with van der Waals surface area (Å²) in [4.78, 5) is 107. The molecule has 4 aromatic carbocycles. The SMILES string of the molecule is COc1ccc2c3c1O[C@H]1C(OC(=O)N4CCC(C(=O)NCCCC[C@H](NC(C)=O)C(=O)NCCOc5ccc(C(=O)Oc6ccc7cc(C(=N)N)ccc7c6)cc5)CC4CNC(=O)[C@@H](CCCNC(=N)N)NC(=O)CNC(C)=O)=CC[C@H]4[C@H](CCC[C@]314)C2. The van der Waals surface area contributed by atoms with E-state index < -0.39 is 71.7 Å². The quantitative estimate of drug-likeness (QED) is 0.0133. The molecule has 474 valence electrons. The Bertz CT molecular complexity index is 3390. The number of carbonyl (C=O) groups excluding carboxylic acids is 8. The van der Waals surface area contributed by atoms with Crippen LogP contribution in [0.3, 0.4) is 0 Å². The van der Waals surface area contributed by atoms with Gasteiger partial charge >= 0.3 is 12.1 Å². The molecule has 3 aliphatic carbocycles. The number of likely N-dealkylation sites (tertiary alicyclic amines) is 1. The van der Waals surface area contributed by atoms with Crippen molar-refractivity contribution >= 4 is 70.1 Å².